The van der Waals surface area contributed by atoms with Crippen molar-refractivity contribution in [1.82, 2.24) is 14.9 Å². The van der Waals surface area contributed by atoms with Crippen LogP contribution in [-0.4, -0.2) is 47.3 Å². The fourth-order valence-electron chi connectivity index (χ4n) is 4.27. The minimum absolute atomic E-state index is 0.223. The fourth-order valence-corrected chi connectivity index (χ4v) is 4.27. The number of hydrogen-bond acceptors (Lipinski definition) is 6. The van der Waals surface area contributed by atoms with Crippen LogP contribution in [0.5, 0.6) is 17.4 Å². The van der Waals surface area contributed by atoms with E-state index in [0.717, 1.165) is 48.2 Å². The smallest absolute Gasteiger partial charge is 0.257 e. The molecule has 28 heavy (non-hydrogen) atoms. The van der Waals surface area contributed by atoms with Crippen LogP contribution in [0.15, 0.2) is 24.3 Å². The molecule has 2 aromatic heterocycles. The van der Waals surface area contributed by atoms with Crippen LogP contribution in [0.1, 0.15) is 43.4 Å². The van der Waals surface area contributed by atoms with Gasteiger partial charge in [0, 0.05) is 48.1 Å². The topological polar surface area (TPSA) is 56.7 Å². The summed E-state index contributed by atoms with van der Waals surface area (Å²) in [5, 5.41) is 0. The lowest BCUT2D eigenvalue weighted by Crippen LogP contribution is -2.31. The summed E-state index contributed by atoms with van der Waals surface area (Å²) in [7, 11) is 0. The molecule has 2 aromatic rings. The number of aryl methyl sites for hydroxylation is 2. The number of fused-ring (bicyclic) bond motifs is 1. The van der Waals surface area contributed by atoms with Crippen molar-refractivity contribution in [3.8, 4) is 17.4 Å². The number of hydrogen-bond donors (Lipinski definition) is 0. The van der Waals surface area contributed by atoms with Crippen LogP contribution >= 0.6 is 0 Å². The molecule has 4 rings (SSSR count). The first-order valence-electron chi connectivity index (χ1n) is 10.1. The van der Waals surface area contributed by atoms with E-state index in [1.54, 1.807) is 0 Å². The number of aromatic nitrogens is 2. The van der Waals surface area contributed by atoms with Crippen molar-refractivity contribution in [3.63, 3.8) is 0 Å². The van der Waals surface area contributed by atoms with E-state index in [9.17, 15) is 0 Å². The van der Waals surface area contributed by atoms with Gasteiger partial charge in [-0.2, -0.15) is 0 Å². The molecule has 6 heteroatoms. The first kappa shape index (κ1) is 19.0. The second kappa shape index (κ2) is 7.95. The van der Waals surface area contributed by atoms with E-state index in [2.05, 4.69) is 29.8 Å². The van der Waals surface area contributed by atoms with Crippen LogP contribution in [0.25, 0.3) is 0 Å². The van der Waals surface area contributed by atoms with Gasteiger partial charge in [-0.05, 0) is 46.2 Å². The van der Waals surface area contributed by atoms with Crippen LogP contribution in [0.3, 0.4) is 0 Å². The Labute approximate surface area is 166 Å². The average molecular weight is 383 g/mol. The van der Waals surface area contributed by atoms with Gasteiger partial charge in [-0.15, -0.1) is 0 Å². The molecule has 0 amide bonds. The maximum atomic E-state index is 6.09. The Kier molecular flexibility index (Phi) is 5.40. The lowest BCUT2D eigenvalue weighted by Gasteiger charge is -2.29. The summed E-state index contributed by atoms with van der Waals surface area (Å²) in [4.78, 5) is 11.6. The molecule has 0 bridgehead atoms. The van der Waals surface area contributed by atoms with Crippen molar-refractivity contribution in [3.05, 3.63) is 41.3 Å². The predicted molar refractivity (Wildman–Crippen MR) is 107 cm³/mol. The normalized spacial score (nSPS) is 22.9. The summed E-state index contributed by atoms with van der Waals surface area (Å²) < 4.78 is 17.3. The molecule has 0 spiro atoms. The summed E-state index contributed by atoms with van der Waals surface area (Å²) >= 11 is 0. The van der Waals surface area contributed by atoms with Crippen molar-refractivity contribution in [2.75, 3.05) is 26.4 Å². The third-order valence-electron chi connectivity index (χ3n) is 5.60. The highest BCUT2D eigenvalue weighted by Gasteiger charge is 2.34. The first-order chi connectivity index (χ1) is 13.5. The lowest BCUT2D eigenvalue weighted by atomic mass is 10.1. The van der Waals surface area contributed by atoms with Crippen LogP contribution < -0.4 is 14.2 Å². The summed E-state index contributed by atoms with van der Waals surface area (Å²) in [5.41, 5.74) is 3.02. The van der Waals surface area contributed by atoms with E-state index >= 15 is 0 Å². The second-order valence-corrected chi connectivity index (χ2v) is 7.96. The Hall–Kier alpha value is -2.34. The predicted octanol–water partition coefficient (Wildman–Crippen LogP) is 3.72. The molecule has 0 saturated carbocycles. The minimum Gasteiger partial charge on any atom is -0.493 e. The van der Waals surface area contributed by atoms with Crippen molar-refractivity contribution in [2.45, 2.75) is 46.2 Å². The highest BCUT2D eigenvalue weighted by Crippen LogP contribution is 2.35. The Morgan fingerprint density at radius 1 is 1.14 bits per heavy atom. The molecule has 4 heterocycles. The van der Waals surface area contributed by atoms with Gasteiger partial charge in [-0.3, -0.25) is 9.88 Å². The van der Waals surface area contributed by atoms with Gasteiger partial charge in [0.25, 0.3) is 5.88 Å². The Balaban J connectivity index is 1.39. The van der Waals surface area contributed by atoms with Crippen molar-refractivity contribution in [2.24, 2.45) is 5.92 Å². The van der Waals surface area contributed by atoms with E-state index in [-0.39, 0.29) is 6.04 Å². The molecule has 150 valence electrons. The number of likely N-dealkylation sites (tertiary alicyclic amines) is 1. The molecular weight excluding hydrogens is 354 g/mol. The zero-order valence-electron chi connectivity index (χ0n) is 17.1. The van der Waals surface area contributed by atoms with E-state index in [4.69, 9.17) is 19.2 Å². The molecule has 1 unspecified atom stereocenters. The van der Waals surface area contributed by atoms with Crippen LogP contribution in [0.2, 0.25) is 0 Å². The summed E-state index contributed by atoms with van der Waals surface area (Å²) in [6.45, 7) is 11.4. The zero-order valence-corrected chi connectivity index (χ0v) is 17.1. The first-order valence-corrected chi connectivity index (χ1v) is 10.1. The molecule has 6 nitrogen and oxygen atoms in total. The molecule has 3 atom stereocenters. The monoisotopic (exact) mass is 383 g/mol. The Morgan fingerprint density at radius 3 is 2.68 bits per heavy atom. The fraction of sp³-hybridized carbons (Fsp3) is 0.545. The molecule has 2 aliphatic heterocycles. The lowest BCUT2D eigenvalue weighted by molar-refractivity contribution is 0.159. The maximum Gasteiger partial charge on any atom is 0.257 e. The Bertz CT molecular complexity index is 822. The van der Waals surface area contributed by atoms with E-state index in [1.807, 2.05) is 32.0 Å². The molecule has 0 N–H and O–H groups in total. The molecule has 0 aliphatic carbocycles. The summed E-state index contributed by atoms with van der Waals surface area (Å²) in [5.74, 6) is 2.78. The highest BCUT2D eigenvalue weighted by atomic mass is 16.6. The number of ether oxygens (including phenoxy) is 3. The van der Waals surface area contributed by atoms with Crippen molar-refractivity contribution in [1.29, 1.82) is 0 Å². The van der Waals surface area contributed by atoms with Crippen LogP contribution in [-0.2, 0) is 0 Å². The maximum absolute atomic E-state index is 6.09. The zero-order chi connectivity index (χ0) is 19.7. The molecule has 1 saturated heterocycles. The van der Waals surface area contributed by atoms with Crippen molar-refractivity contribution < 1.29 is 14.2 Å². The van der Waals surface area contributed by atoms with Gasteiger partial charge in [0.2, 0.25) is 0 Å². The minimum atomic E-state index is 0.223. The third-order valence-corrected chi connectivity index (χ3v) is 5.60. The third kappa shape index (κ3) is 4.07. The highest BCUT2D eigenvalue weighted by molar-refractivity contribution is 5.36. The SMILES string of the molecule is Cc1cc(OC[C@H]2C[C@H](C)N(C(C)c3ccc4c(n3)OCCO4)C2)cc(C)n1. The van der Waals surface area contributed by atoms with Crippen LogP contribution in [0.4, 0.5) is 0 Å². The van der Waals surface area contributed by atoms with Gasteiger partial charge < -0.3 is 14.2 Å². The van der Waals surface area contributed by atoms with E-state index in [0.29, 0.717) is 31.1 Å². The van der Waals surface area contributed by atoms with E-state index in [1.165, 1.54) is 0 Å². The summed E-state index contributed by atoms with van der Waals surface area (Å²) in [6.07, 6.45) is 1.12. The average Bonchev–Trinajstić information content (AvgIpc) is 3.05. The van der Waals surface area contributed by atoms with Gasteiger partial charge in [0.15, 0.2) is 5.75 Å². The number of pyridine rings is 2. The largest absolute Gasteiger partial charge is 0.493 e. The Morgan fingerprint density at radius 2 is 1.89 bits per heavy atom. The standard InChI is InChI=1S/C22H29N3O3/c1-14-9-19(10-15(2)23-14)28-13-18-11-16(3)25(12-18)17(4)20-5-6-21-22(24-20)27-8-7-26-21/h5-6,9-10,16-18H,7-8,11-13H2,1-4H3/t16-,17?,18-/m0/s1. The molecule has 0 radical (unpaired) electrons. The molecular formula is C22H29N3O3. The van der Waals surface area contributed by atoms with Gasteiger partial charge in [0.1, 0.15) is 19.0 Å². The van der Waals surface area contributed by atoms with Crippen molar-refractivity contribution >= 4 is 0 Å². The van der Waals surface area contributed by atoms with E-state index < -0.39 is 0 Å². The molecule has 2 aliphatic rings. The summed E-state index contributed by atoms with van der Waals surface area (Å²) in [6, 6.07) is 8.75. The number of nitrogens with zero attached hydrogens (tertiary/aromatic N) is 3. The molecule has 1 fully saturated rings. The second-order valence-electron chi connectivity index (χ2n) is 7.96. The van der Waals surface area contributed by atoms with Gasteiger partial charge in [-0.1, -0.05) is 0 Å². The van der Waals surface area contributed by atoms with Gasteiger partial charge >= 0.3 is 0 Å². The molecule has 0 aromatic carbocycles. The van der Waals surface area contributed by atoms with Gasteiger partial charge in [0.05, 0.1) is 12.3 Å². The number of rotatable bonds is 5. The van der Waals surface area contributed by atoms with Crippen LogP contribution in [0, 0.1) is 19.8 Å². The quantitative estimate of drug-likeness (QED) is 0.784. The van der Waals surface area contributed by atoms with Gasteiger partial charge in [-0.25, -0.2) is 4.98 Å².